The molecule has 1 N–H and O–H groups in total. The summed E-state index contributed by atoms with van der Waals surface area (Å²) in [6, 6.07) is 6.63. The van der Waals surface area contributed by atoms with Crippen molar-refractivity contribution < 1.29 is 9.13 Å². The molecule has 0 amide bonds. The van der Waals surface area contributed by atoms with Crippen molar-refractivity contribution in [2.45, 2.75) is 38.9 Å². The van der Waals surface area contributed by atoms with Crippen LogP contribution < -0.4 is 5.32 Å². The van der Waals surface area contributed by atoms with Crippen LogP contribution in [-0.4, -0.2) is 19.7 Å². The van der Waals surface area contributed by atoms with Crippen molar-refractivity contribution in [2.75, 3.05) is 13.6 Å². The van der Waals surface area contributed by atoms with E-state index in [9.17, 15) is 4.39 Å². The molecule has 0 aliphatic carbocycles. The standard InChI is InChI=1S/C14H22FNO/c1-4-6-11(2)17-14(10-16-3)12-7-5-8-13(15)9-12/h5,7-9,11,14,16H,4,6,10H2,1-3H3. The lowest BCUT2D eigenvalue weighted by Crippen LogP contribution is -2.23. The Hall–Kier alpha value is -0.930. The predicted octanol–water partition coefficient (Wildman–Crippen LogP) is 3.29. The minimum Gasteiger partial charge on any atom is -0.369 e. The quantitative estimate of drug-likeness (QED) is 0.788. The van der Waals surface area contributed by atoms with Gasteiger partial charge in [0.15, 0.2) is 0 Å². The van der Waals surface area contributed by atoms with E-state index < -0.39 is 0 Å². The van der Waals surface area contributed by atoms with Gasteiger partial charge in [-0.25, -0.2) is 4.39 Å². The fraction of sp³-hybridized carbons (Fsp3) is 0.571. The first-order chi connectivity index (χ1) is 8.17. The summed E-state index contributed by atoms with van der Waals surface area (Å²) >= 11 is 0. The zero-order valence-corrected chi connectivity index (χ0v) is 10.9. The first kappa shape index (κ1) is 14.1. The highest BCUT2D eigenvalue weighted by molar-refractivity contribution is 5.19. The monoisotopic (exact) mass is 239 g/mol. The van der Waals surface area contributed by atoms with E-state index in [1.807, 2.05) is 13.1 Å². The van der Waals surface area contributed by atoms with E-state index in [0.29, 0.717) is 6.54 Å². The van der Waals surface area contributed by atoms with Crippen LogP contribution in [0.2, 0.25) is 0 Å². The Balaban J connectivity index is 2.71. The van der Waals surface area contributed by atoms with Crippen molar-refractivity contribution in [3.05, 3.63) is 35.6 Å². The van der Waals surface area contributed by atoms with Crippen LogP contribution in [0.4, 0.5) is 4.39 Å². The Morgan fingerprint density at radius 1 is 1.41 bits per heavy atom. The summed E-state index contributed by atoms with van der Waals surface area (Å²) in [5.41, 5.74) is 0.891. The number of rotatable bonds is 7. The molecule has 0 bridgehead atoms. The summed E-state index contributed by atoms with van der Waals surface area (Å²) in [7, 11) is 1.88. The maximum atomic E-state index is 13.2. The van der Waals surface area contributed by atoms with Gasteiger partial charge in [-0.1, -0.05) is 25.5 Å². The molecule has 17 heavy (non-hydrogen) atoms. The molecule has 1 aromatic rings. The number of hydrogen-bond donors (Lipinski definition) is 1. The van der Waals surface area contributed by atoms with Crippen molar-refractivity contribution >= 4 is 0 Å². The van der Waals surface area contributed by atoms with E-state index in [0.717, 1.165) is 18.4 Å². The van der Waals surface area contributed by atoms with Gasteiger partial charge in [0.05, 0.1) is 12.2 Å². The molecule has 0 saturated heterocycles. The van der Waals surface area contributed by atoms with Gasteiger partial charge in [-0.3, -0.25) is 0 Å². The second-order valence-corrected chi connectivity index (χ2v) is 4.34. The maximum absolute atomic E-state index is 13.2. The Morgan fingerprint density at radius 3 is 2.76 bits per heavy atom. The van der Waals surface area contributed by atoms with Crippen molar-refractivity contribution in [1.82, 2.24) is 5.32 Å². The van der Waals surface area contributed by atoms with Crippen molar-refractivity contribution in [3.8, 4) is 0 Å². The largest absolute Gasteiger partial charge is 0.369 e. The molecule has 0 aliphatic heterocycles. The average Bonchev–Trinajstić information content (AvgIpc) is 2.29. The SMILES string of the molecule is CCCC(C)OC(CNC)c1cccc(F)c1. The van der Waals surface area contributed by atoms with Gasteiger partial charge in [0.1, 0.15) is 5.82 Å². The summed E-state index contributed by atoms with van der Waals surface area (Å²) in [5.74, 6) is -0.213. The summed E-state index contributed by atoms with van der Waals surface area (Å²) in [4.78, 5) is 0. The third-order valence-corrected chi connectivity index (χ3v) is 2.70. The van der Waals surface area contributed by atoms with Gasteiger partial charge in [0.25, 0.3) is 0 Å². The van der Waals surface area contributed by atoms with E-state index in [-0.39, 0.29) is 18.0 Å². The maximum Gasteiger partial charge on any atom is 0.123 e. The third-order valence-electron chi connectivity index (χ3n) is 2.70. The van der Waals surface area contributed by atoms with E-state index >= 15 is 0 Å². The van der Waals surface area contributed by atoms with Gasteiger partial charge >= 0.3 is 0 Å². The van der Waals surface area contributed by atoms with Crippen LogP contribution in [0, 0.1) is 5.82 Å². The molecule has 1 rings (SSSR count). The van der Waals surface area contributed by atoms with Crippen LogP contribution in [0.3, 0.4) is 0 Å². The van der Waals surface area contributed by atoms with Crippen LogP contribution in [0.25, 0.3) is 0 Å². The van der Waals surface area contributed by atoms with Gasteiger partial charge < -0.3 is 10.1 Å². The zero-order valence-electron chi connectivity index (χ0n) is 10.9. The molecule has 0 aromatic heterocycles. The molecule has 3 heteroatoms. The molecule has 96 valence electrons. The molecule has 2 nitrogen and oxygen atoms in total. The van der Waals surface area contributed by atoms with Gasteiger partial charge in [-0.05, 0) is 38.1 Å². The lowest BCUT2D eigenvalue weighted by atomic mass is 10.1. The fourth-order valence-corrected chi connectivity index (χ4v) is 1.89. The van der Waals surface area contributed by atoms with E-state index in [1.54, 1.807) is 12.1 Å². The molecule has 2 atom stereocenters. The molecule has 2 unspecified atom stereocenters. The van der Waals surface area contributed by atoms with Crippen LogP contribution in [0.5, 0.6) is 0 Å². The van der Waals surface area contributed by atoms with Crippen molar-refractivity contribution in [2.24, 2.45) is 0 Å². The topological polar surface area (TPSA) is 21.3 Å². The van der Waals surface area contributed by atoms with Gasteiger partial charge in [-0.2, -0.15) is 0 Å². The fourth-order valence-electron chi connectivity index (χ4n) is 1.89. The highest BCUT2D eigenvalue weighted by Gasteiger charge is 2.15. The van der Waals surface area contributed by atoms with Crippen molar-refractivity contribution in [1.29, 1.82) is 0 Å². The lowest BCUT2D eigenvalue weighted by Gasteiger charge is -2.22. The Kier molecular flexibility index (Phi) is 6.16. The normalized spacial score (nSPS) is 14.6. The molecule has 0 heterocycles. The highest BCUT2D eigenvalue weighted by Crippen LogP contribution is 2.20. The molecular formula is C14H22FNO. The first-order valence-electron chi connectivity index (χ1n) is 6.22. The van der Waals surface area contributed by atoms with Gasteiger partial charge in [0.2, 0.25) is 0 Å². The molecular weight excluding hydrogens is 217 g/mol. The van der Waals surface area contributed by atoms with E-state index in [2.05, 4.69) is 19.2 Å². The first-order valence-corrected chi connectivity index (χ1v) is 6.22. The molecule has 1 aromatic carbocycles. The number of ether oxygens (including phenoxy) is 1. The minimum atomic E-state index is -0.213. The summed E-state index contributed by atoms with van der Waals surface area (Å²) in [6.07, 6.45) is 2.23. The van der Waals surface area contributed by atoms with Crippen LogP contribution in [0.15, 0.2) is 24.3 Å². The Morgan fingerprint density at radius 2 is 2.18 bits per heavy atom. The van der Waals surface area contributed by atoms with Crippen molar-refractivity contribution in [3.63, 3.8) is 0 Å². The Bertz CT molecular complexity index is 330. The Labute approximate surface area is 103 Å². The second-order valence-electron chi connectivity index (χ2n) is 4.34. The predicted molar refractivity (Wildman–Crippen MR) is 68.5 cm³/mol. The van der Waals surface area contributed by atoms with Gasteiger partial charge in [0, 0.05) is 6.54 Å². The zero-order chi connectivity index (χ0) is 12.7. The smallest absolute Gasteiger partial charge is 0.123 e. The average molecular weight is 239 g/mol. The number of likely N-dealkylation sites (N-methyl/N-ethyl adjacent to an activating group) is 1. The minimum absolute atomic E-state index is 0.0859. The van der Waals surface area contributed by atoms with E-state index in [4.69, 9.17) is 4.74 Å². The van der Waals surface area contributed by atoms with E-state index in [1.165, 1.54) is 6.07 Å². The number of halogens is 1. The van der Waals surface area contributed by atoms with Gasteiger partial charge in [-0.15, -0.1) is 0 Å². The summed E-state index contributed by atoms with van der Waals surface area (Å²) < 4.78 is 19.1. The molecule has 0 saturated carbocycles. The molecule has 0 radical (unpaired) electrons. The lowest BCUT2D eigenvalue weighted by molar-refractivity contribution is -0.00645. The number of nitrogens with one attached hydrogen (secondary N) is 1. The van der Waals surface area contributed by atoms with Crippen LogP contribution >= 0.6 is 0 Å². The second kappa shape index (κ2) is 7.41. The number of benzene rings is 1. The summed E-state index contributed by atoms with van der Waals surface area (Å²) in [5, 5.41) is 3.09. The molecule has 0 fully saturated rings. The van der Waals surface area contributed by atoms with Crippen LogP contribution in [-0.2, 0) is 4.74 Å². The molecule has 0 aliphatic rings. The third kappa shape index (κ3) is 4.84. The molecule has 0 spiro atoms. The summed E-state index contributed by atoms with van der Waals surface area (Å²) in [6.45, 7) is 4.89. The highest BCUT2D eigenvalue weighted by atomic mass is 19.1. The number of hydrogen-bond acceptors (Lipinski definition) is 2. The van der Waals surface area contributed by atoms with Crippen LogP contribution in [0.1, 0.15) is 38.4 Å².